The predicted molar refractivity (Wildman–Crippen MR) is 92.7 cm³/mol. The Morgan fingerprint density at radius 1 is 1.04 bits per heavy atom. The average molecular weight is 336 g/mol. The molecule has 1 atom stereocenters. The van der Waals surface area contributed by atoms with Gasteiger partial charge < -0.3 is 9.64 Å². The number of aromatic nitrogens is 5. The molecular weight excluding hydrogens is 316 g/mol. The minimum absolute atomic E-state index is 0.307. The summed E-state index contributed by atoms with van der Waals surface area (Å²) < 4.78 is 8.00. The molecule has 0 fully saturated rings. The highest BCUT2D eigenvalue weighted by Gasteiger charge is 2.24. The maximum atomic E-state index is 5.94. The molecule has 0 aromatic carbocycles. The van der Waals surface area contributed by atoms with Crippen LogP contribution in [0.25, 0.3) is 0 Å². The van der Waals surface area contributed by atoms with Gasteiger partial charge in [0.1, 0.15) is 0 Å². The van der Waals surface area contributed by atoms with E-state index in [0.29, 0.717) is 19.1 Å². The molecule has 3 aromatic rings. The van der Waals surface area contributed by atoms with Crippen LogP contribution in [0.1, 0.15) is 11.3 Å². The molecule has 0 saturated heterocycles. The summed E-state index contributed by atoms with van der Waals surface area (Å²) in [5.41, 5.74) is 2.25. The van der Waals surface area contributed by atoms with Crippen LogP contribution in [0.15, 0.2) is 55.2 Å². The van der Waals surface area contributed by atoms with E-state index in [0.717, 1.165) is 31.1 Å². The lowest BCUT2D eigenvalue weighted by Crippen LogP contribution is -2.31. The molecule has 0 radical (unpaired) electrons. The van der Waals surface area contributed by atoms with Gasteiger partial charge in [0.05, 0.1) is 25.5 Å². The lowest BCUT2D eigenvalue weighted by Gasteiger charge is -2.23. The summed E-state index contributed by atoms with van der Waals surface area (Å²) in [6.45, 7) is 3.64. The van der Waals surface area contributed by atoms with Gasteiger partial charge in [0.15, 0.2) is 0 Å². The SMILES string of the molecule is c1cnc(N2Cc3ccnn3CC(COCc3cccnc3)C2)nc1. The molecule has 0 spiro atoms. The molecule has 7 nitrogen and oxygen atoms in total. The Labute approximate surface area is 146 Å². The highest BCUT2D eigenvalue weighted by Crippen LogP contribution is 2.20. The van der Waals surface area contributed by atoms with Crippen LogP contribution in [0.4, 0.5) is 5.95 Å². The number of fused-ring (bicyclic) bond motifs is 1. The minimum Gasteiger partial charge on any atom is -0.376 e. The third kappa shape index (κ3) is 3.83. The molecule has 1 aliphatic heterocycles. The topological polar surface area (TPSA) is 69.0 Å². The predicted octanol–water partition coefficient (Wildman–Crippen LogP) is 1.92. The Morgan fingerprint density at radius 2 is 1.96 bits per heavy atom. The largest absolute Gasteiger partial charge is 0.376 e. The number of hydrogen-bond acceptors (Lipinski definition) is 6. The number of rotatable bonds is 5. The van der Waals surface area contributed by atoms with Crippen LogP contribution in [-0.4, -0.2) is 37.9 Å². The van der Waals surface area contributed by atoms with Crippen molar-refractivity contribution in [1.82, 2.24) is 24.7 Å². The standard InChI is InChI=1S/C18H20N6O/c1-3-15(9-19-5-1)13-25-14-16-10-23(18-20-6-2-7-21-18)12-17-4-8-22-24(17)11-16/h1-9,16H,10-14H2. The van der Waals surface area contributed by atoms with Crippen molar-refractivity contribution < 1.29 is 4.74 Å². The number of nitrogens with zero attached hydrogens (tertiary/aromatic N) is 6. The molecule has 0 bridgehead atoms. The number of hydrogen-bond donors (Lipinski definition) is 0. The Morgan fingerprint density at radius 3 is 2.80 bits per heavy atom. The number of ether oxygens (including phenoxy) is 1. The van der Waals surface area contributed by atoms with E-state index in [-0.39, 0.29) is 0 Å². The maximum absolute atomic E-state index is 5.94. The van der Waals surface area contributed by atoms with E-state index >= 15 is 0 Å². The van der Waals surface area contributed by atoms with Gasteiger partial charge in [0.25, 0.3) is 0 Å². The molecule has 0 aliphatic carbocycles. The molecule has 4 rings (SSSR count). The van der Waals surface area contributed by atoms with Crippen molar-refractivity contribution in [2.24, 2.45) is 5.92 Å². The molecule has 3 aromatic heterocycles. The van der Waals surface area contributed by atoms with Gasteiger partial charge in [0, 0.05) is 50.0 Å². The molecule has 25 heavy (non-hydrogen) atoms. The molecular formula is C18H20N6O. The van der Waals surface area contributed by atoms with Crippen molar-refractivity contribution in [3.05, 3.63) is 66.5 Å². The molecule has 1 aliphatic rings. The zero-order chi connectivity index (χ0) is 16.9. The number of pyridine rings is 1. The van der Waals surface area contributed by atoms with Crippen molar-refractivity contribution in [2.75, 3.05) is 18.1 Å². The van der Waals surface area contributed by atoms with Crippen LogP contribution in [0.5, 0.6) is 0 Å². The van der Waals surface area contributed by atoms with Gasteiger partial charge in [-0.15, -0.1) is 0 Å². The second kappa shape index (κ2) is 7.40. The summed E-state index contributed by atoms with van der Waals surface area (Å²) in [5.74, 6) is 1.05. The summed E-state index contributed by atoms with van der Waals surface area (Å²) in [7, 11) is 0. The summed E-state index contributed by atoms with van der Waals surface area (Å²) in [6, 6.07) is 7.83. The molecule has 7 heteroatoms. The fraction of sp³-hybridized carbons (Fsp3) is 0.333. The average Bonchev–Trinajstić information content (AvgIpc) is 3.02. The normalized spacial score (nSPS) is 17.1. The van der Waals surface area contributed by atoms with Crippen molar-refractivity contribution in [2.45, 2.75) is 19.7 Å². The third-order valence-electron chi connectivity index (χ3n) is 4.25. The fourth-order valence-electron chi connectivity index (χ4n) is 3.07. The van der Waals surface area contributed by atoms with E-state index in [1.807, 2.05) is 30.6 Å². The van der Waals surface area contributed by atoms with E-state index in [1.54, 1.807) is 18.6 Å². The van der Waals surface area contributed by atoms with E-state index in [1.165, 1.54) is 5.69 Å². The third-order valence-corrected chi connectivity index (χ3v) is 4.25. The Bertz CT molecular complexity index is 792. The van der Waals surface area contributed by atoms with Crippen LogP contribution in [0.2, 0.25) is 0 Å². The summed E-state index contributed by atoms with van der Waals surface area (Å²) in [4.78, 5) is 15.1. The van der Waals surface area contributed by atoms with Gasteiger partial charge in [-0.25, -0.2) is 9.97 Å². The van der Waals surface area contributed by atoms with Crippen LogP contribution < -0.4 is 4.90 Å². The quantitative estimate of drug-likeness (QED) is 0.709. The first-order valence-corrected chi connectivity index (χ1v) is 8.38. The second-order valence-electron chi connectivity index (χ2n) is 6.18. The van der Waals surface area contributed by atoms with Crippen molar-refractivity contribution in [3.63, 3.8) is 0 Å². The first-order valence-electron chi connectivity index (χ1n) is 8.38. The fourth-order valence-corrected chi connectivity index (χ4v) is 3.07. The lowest BCUT2D eigenvalue weighted by molar-refractivity contribution is 0.0827. The van der Waals surface area contributed by atoms with Crippen LogP contribution >= 0.6 is 0 Å². The molecule has 0 N–H and O–H groups in total. The molecule has 128 valence electrons. The molecule has 4 heterocycles. The molecule has 0 saturated carbocycles. The van der Waals surface area contributed by atoms with Gasteiger partial charge in [-0.3, -0.25) is 9.67 Å². The van der Waals surface area contributed by atoms with Crippen molar-refractivity contribution in [1.29, 1.82) is 0 Å². The van der Waals surface area contributed by atoms with Gasteiger partial charge in [-0.2, -0.15) is 5.10 Å². The monoisotopic (exact) mass is 336 g/mol. The highest BCUT2D eigenvalue weighted by atomic mass is 16.5. The van der Waals surface area contributed by atoms with Crippen LogP contribution in [-0.2, 0) is 24.4 Å². The zero-order valence-corrected chi connectivity index (χ0v) is 13.9. The van der Waals surface area contributed by atoms with E-state index < -0.39 is 0 Å². The first-order chi connectivity index (χ1) is 12.4. The van der Waals surface area contributed by atoms with Crippen molar-refractivity contribution >= 4 is 5.95 Å². The van der Waals surface area contributed by atoms with E-state index in [9.17, 15) is 0 Å². The highest BCUT2D eigenvalue weighted by molar-refractivity contribution is 5.30. The second-order valence-corrected chi connectivity index (χ2v) is 6.18. The van der Waals surface area contributed by atoms with Gasteiger partial charge in [-0.05, 0) is 23.8 Å². The molecule has 1 unspecified atom stereocenters. The Hall–Kier alpha value is -2.80. The van der Waals surface area contributed by atoms with Crippen LogP contribution in [0, 0.1) is 5.92 Å². The summed E-state index contributed by atoms with van der Waals surface area (Å²) in [6.07, 6.45) is 9.00. The van der Waals surface area contributed by atoms with Gasteiger partial charge in [0.2, 0.25) is 5.95 Å². The summed E-state index contributed by atoms with van der Waals surface area (Å²) >= 11 is 0. The van der Waals surface area contributed by atoms with Gasteiger partial charge in [-0.1, -0.05) is 6.07 Å². The smallest absolute Gasteiger partial charge is 0.225 e. The van der Waals surface area contributed by atoms with E-state index in [4.69, 9.17) is 4.74 Å². The lowest BCUT2D eigenvalue weighted by atomic mass is 10.1. The van der Waals surface area contributed by atoms with Crippen LogP contribution in [0.3, 0.4) is 0 Å². The molecule has 0 amide bonds. The maximum Gasteiger partial charge on any atom is 0.225 e. The van der Waals surface area contributed by atoms with Crippen molar-refractivity contribution in [3.8, 4) is 0 Å². The summed E-state index contributed by atoms with van der Waals surface area (Å²) in [5, 5.41) is 4.44. The zero-order valence-electron chi connectivity index (χ0n) is 13.9. The number of anilines is 1. The minimum atomic E-state index is 0.307. The Balaban J connectivity index is 1.45. The Kier molecular flexibility index (Phi) is 4.65. The first kappa shape index (κ1) is 15.7. The van der Waals surface area contributed by atoms with E-state index in [2.05, 4.69) is 35.7 Å². The van der Waals surface area contributed by atoms with Gasteiger partial charge >= 0.3 is 0 Å².